The Kier molecular flexibility index (Phi) is 5.94. The minimum absolute atomic E-state index is 0.0848. The quantitative estimate of drug-likeness (QED) is 0.843. The Hall–Kier alpha value is -0.650. The van der Waals surface area contributed by atoms with Crippen LogP contribution < -0.4 is 5.32 Å². The Morgan fingerprint density at radius 2 is 1.65 bits per heavy atom. The van der Waals surface area contributed by atoms with Crippen molar-refractivity contribution >= 4 is 5.91 Å². The topological polar surface area (TPSA) is 38.8 Å². The highest BCUT2D eigenvalue weighted by atomic mass is 16.2. The molecule has 5 heteroatoms. The molecule has 23 heavy (non-hydrogen) atoms. The van der Waals surface area contributed by atoms with Gasteiger partial charge in [-0.3, -0.25) is 14.6 Å². The highest BCUT2D eigenvalue weighted by molar-refractivity contribution is 5.82. The summed E-state index contributed by atoms with van der Waals surface area (Å²) in [4.78, 5) is 19.8. The predicted molar refractivity (Wildman–Crippen MR) is 93.5 cm³/mol. The zero-order valence-electron chi connectivity index (χ0n) is 15.0. The van der Waals surface area contributed by atoms with Crippen LogP contribution in [0.1, 0.15) is 46.0 Å². The fourth-order valence-corrected chi connectivity index (χ4v) is 4.42. The molecule has 0 aliphatic carbocycles. The lowest BCUT2D eigenvalue weighted by atomic mass is 10.0. The van der Waals surface area contributed by atoms with Gasteiger partial charge >= 0.3 is 0 Å². The number of carbonyl (C=O) groups is 1. The Bertz CT molecular complexity index is 378. The summed E-state index contributed by atoms with van der Waals surface area (Å²) in [5.41, 5.74) is 0. The normalized spacial score (nSPS) is 34.0. The molecule has 0 spiro atoms. The number of piperidine rings is 1. The van der Waals surface area contributed by atoms with Gasteiger partial charge < -0.3 is 10.2 Å². The van der Waals surface area contributed by atoms with Crippen molar-refractivity contribution in [3.8, 4) is 0 Å². The number of hydrogen-bond donors (Lipinski definition) is 1. The minimum atomic E-state index is 0.0848. The van der Waals surface area contributed by atoms with Gasteiger partial charge in [0.1, 0.15) is 0 Å². The lowest BCUT2D eigenvalue weighted by Crippen LogP contribution is -2.55. The first-order valence-electron chi connectivity index (χ1n) is 9.65. The molecule has 1 N–H and O–H groups in total. The molecule has 0 radical (unpaired) electrons. The second-order valence-corrected chi connectivity index (χ2v) is 7.68. The summed E-state index contributed by atoms with van der Waals surface area (Å²) in [5.74, 6) is 0.339. The zero-order chi connectivity index (χ0) is 16.2. The van der Waals surface area contributed by atoms with E-state index < -0.39 is 0 Å². The lowest BCUT2D eigenvalue weighted by Gasteiger charge is -2.38. The maximum Gasteiger partial charge on any atom is 0.239 e. The third-order valence-corrected chi connectivity index (χ3v) is 6.10. The predicted octanol–water partition coefficient (Wildman–Crippen LogP) is 1.15. The van der Waals surface area contributed by atoms with Gasteiger partial charge in [-0.1, -0.05) is 6.42 Å². The van der Waals surface area contributed by atoms with Gasteiger partial charge in [0.2, 0.25) is 5.91 Å². The van der Waals surface area contributed by atoms with Gasteiger partial charge in [-0.05, 0) is 46.1 Å². The minimum Gasteiger partial charge on any atom is -0.339 e. The molecule has 3 saturated heterocycles. The molecule has 3 atom stereocenters. The molecule has 0 unspecified atom stereocenters. The molecule has 0 aromatic rings. The van der Waals surface area contributed by atoms with Crippen molar-refractivity contribution in [1.29, 1.82) is 0 Å². The summed E-state index contributed by atoms with van der Waals surface area (Å²) in [7, 11) is 0. The van der Waals surface area contributed by atoms with Crippen LogP contribution in [0.15, 0.2) is 0 Å². The third-order valence-electron chi connectivity index (χ3n) is 6.10. The zero-order valence-corrected chi connectivity index (χ0v) is 15.0. The molecule has 0 saturated carbocycles. The average Bonchev–Trinajstić information content (AvgIpc) is 2.92. The van der Waals surface area contributed by atoms with Crippen molar-refractivity contribution in [1.82, 2.24) is 20.0 Å². The van der Waals surface area contributed by atoms with Crippen LogP contribution in [0.3, 0.4) is 0 Å². The van der Waals surface area contributed by atoms with Crippen molar-refractivity contribution < 1.29 is 4.79 Å². The van der Waals surface area contributed by atoms with Crippen LogP contribution in [0.25, 0.3) is 0 Å². The number of carbonyl (C=O) groups excluding carboxylic acids is 1. The number of nitrogens with zero attached hydrogens (tertiary/aromatic N) is 3. The summed E-state index contributed by atoms with van der Waals surface area (Å²) in [5, 5.41) is 3.39. The Morgan fingerprint density at radius 1 is 0.957 bits per heavy atom. The SMILES string of the molecule is C[C@@H]1CC[C@H](C)N1CCN1CCN(C(=O)[C@H]2CCCCN2)CC1. The standard InChI is InChI=1S/C18H34N4O/c1-15-6-7-16(2)22(15)14-11-20-9-12-21(13-10-20)18(23)17-5-3-4-8-19-17/h15-17,19H,3-14H2,1-2H3/t15-,16+,17-/m1/s1. The van der Waals surface area contributed by atoms with E-state index in [0.717, 1.165) is 57.8 Å². The number of piperazine rings is 1. The molecule has 3 aliphatic heterocycles. The van der Waals surface area contributed by atoms with Crippen molar-refractivity contribution in [2.24, 2.45) is 0 Å². The van der Waals surface area contributed by atoms with Crippen LogP contribution in [0, 0.1) is 0 Å². The van der Waals surface area contributed by atoms with E-state index in [0.29, 0.717) is 5.91 Å². The molecule has 3 heterocycles. The summed E-state index contributed by atoms with van der Waals surface area (Å²) < 4.78 is 0. The van der Waals surface area contributed by atoms with E-state index in [1.54, 1.807) is 0 Å². The molecule has 3 rings (SSSR count). The van der Waals surface area contributed by atoms with E-state index in [2.05, 4.69) is 33.9 Å². The fraction of sp³-hybridized carbons (Fsp3) is 0.944. The second-order valence-electron chi connectivity index (χ2n) is 7.68. The van der Waals surface area contributed by atoms with E-state index in [1.165, 1.54) is 32.2 Å². The average molecular weight is 322 g/mol. The van der Waals surface area contributed by atoms with Crippen molar-refractivity contribution in [2.45, 2.75) is 64.1 Å². The lowest BCUT2D eigenvalue weighted by molar-refractivity contribution is -0.135. The molecule has 0 aromatic carbocycles. The maximum absolute atomic E-state index is 12.5. The number of likely N-dealkylation sites (tertiary alicyclic amines) is 1. The number of amides is 1. The summed E-state index contributed by atoms with van der Waals surface area (Å²) in [6.45, 7) is 11.9. The van der Waals surface area contributed by atoms with E-state index in [4.69, 9.17) is 0 Å². The molecule has 3 aliphatic rings. The summed E-state index contributed by atoms with van der Waals surface area (Å²) in [6, 6.07) is 1.57. The summed E-state index contributed by atoms with van der Waals surface area (Å²) in [6.07, 6.45) is 6.11. The van der Waals surface area contributed by atoms with E-state index in [1.807, 2.05) is 0 Å². The third kappa shape index (κ3) is 4.25. The van der Waals surface area contributed by atoms with E-state index >= 15 is 0 Å². The first-order valence-corrected chi connectivity index (χ1v) is 9.65. The Labute approximate surface area is 141 Å². The molecule has 132 valence electrons. The first kappa shape index (κ1) is 17.2. The van der Waals surface area contributed by atoms with Crippen molar-refractivity contribution in [3.05, 3.63) is 0 Å². The molecular formula is C18H34N4O. The molecule has 1 amide bonds. The number of rotatable bonds is 4. The highest BCUT2D eigenvalue weighted by Crippen LogP contribution is 2.23. The van der Waals surface area contributed by atoms with Gasteiger partial charge in [0.05, 0.1) is 6.04 Å². The van der Waals surface area contributed by atoms with Crippen LogP contribution in [0.2, 0.25) is 0 Å². The maximum atomic E-state index is 12.5. The van der Waals surface area contributed by atoms with Gasteiger partial charge in [-0.25, -0.2) is 0 Å². The van der Waals surface area contributed by atoms with Crippen molar-refractivity contribution in [2.75, 3.05) is 45.8 Å². The van der Waals surface area contributed by atoms with Crippen LogP contribution in [-0.4, -0.2) is 84.5 Å². The monoisotopic (exact) mass is 322 g/mol. The second kappa shape index (κ2) is 7.95. The van der Waals surface area contributed by atoms with Gasteiger partial charge in [-0.15, -0.1) is 0 Å². The van der Waals surface area contributed by atoms with Crippen molar-refractivity contribution in [3.63, 3.8) is 0 Å². The van der Waals surface area contributed by atoms with E-state index in [9.17, 15) is 4.79 Å². The Morgan fingerprint density at radius 3 is 2.26 bits per heavy atom. The molecule has 0 bridgehead atoms. The highest BCUT2D eigenvalue weighted by Gasteiger charge is 2.30. The smallest absolute Gasteiger partial charge is 0.239 e. The largest absolute Gasteiger partial charge is 0.339 e. The number of nitrogens with one attached hydrogen (secondary N) is 1. The van der Waals surface area contributed by atoms with Gasteiger partial charge in [-0.2, -0.15) is 0 Å². The van der Waals surface area contributed by atoms with Crippen LogP contribution >= 0.6 is 0 Å². The number of hydrogen-bond acceptors (Lipinski definition) is 4. The van der Waals surface area contributed by atoms with Crippen LogP contribution in [0.4, 0.5) is 0 Å². The van der Waals surface area contributed by atoms with Gasteiger partial charge in [0.15, 0.2) is 0 Å². The van der Waals surface area contributed by atoms with Gasteiger partial charge in [0, 0.05) is 51.4 Å². The molecule has 0 aromatic heterocycles. The molecular weight excluding hydrogens is 288 g/mol. The first-order chi connectivity index (χ1) is 11.1. The van der Waals surface area contributed by atoms with Crippen LogP contribution in [-0.2, 0) is 4.79 Å². The summed E-state index contributed by atoms with van der Waals surface area (Å²) >= 11 is 0. The van der Waals surface area contributed by atoms with E-state index in [-0.39, 0.29) is 6.04 Å². The van der Waals surface area contributed by atoms with Crippen LogP contribution in [0.5, 0.6) is 0 Å². The Balaban J connectivity index is 1.39. The molecule has 5 nitrogen and oxygen atoms in total. The fourth-order valence-electron chi connectivity index (χ4n) is 4.42. The van der Waals surface area contributed by atoms with Gasteiger partial charge in [0.25, 0.3) is 0 Å². The molecule has 3 fully saturated rings.